The molecule has 1 rings (SSSR count). The lowest BCUT2D eigenvalue weighted by Gasteiger charge is -2.13. The highest BCUT2D eigenvalue weighted by Gasteiger charge is 2.37. The summed E-state index contributed by atoms with van der Waals surface area (Å²) in [6.07, 6.45) is -8.38. The van der Waals surface area contributed by atoms with E-state index in [1.54, 1.807) is 0 Å². The molecule has 0 bridgehead atoms. The van der Waals surface area contributed by atoms with Crippen molar-refractivity contribution in [2.45, 2.75) is 18.5 Å². The van der Waals surface area contributed by atoms with Crippen molar-refractivity contribution < 1.29 is 22.0 Å². The van der Waals surface area contributed by atoms with Gasteiger partial charge in [-0.1, -0.05) is 0 Å². The van der Waals surface area contributed by atoms with Crippen molar-refractivity contribution in [1.29, 1.82) is 5.26 Å². The molecule has 0 atom stereocenters. The summed E-state index contributed by atoms with van der Waals surface area (Å²) in [5, 5.41) is 8.55. The Balaban J connectivity index is 3.53. The molecule has 17 heavy (non-hydrogen) atoms. The van der Waals surface area contributed by atoms with E-state index in [1.165, 1.54) is 6.07 Å². The Morgan fingerprint density at radius 1 is 1.41 bits per heavy atom. The first-order valence-corrected chi connectivity index (χ1v) is 4.70. The van der Waals surface area contributed by atoms with E-state index in [0.29, 0.717) is 6.07 Å². The van der Waals surface area contributed by atoms with Crippen LogP contribution in [0.2, 0.25) is 0 Å². The molecule has 0 saturated heterocycles. The molecule has 1 heterocycles. The smallest absolute Gasteiger partial charge is 0.235 e. The number of hydrogen-bond donors (Lipinski definition) is 0. The quantitative estimate of drug-likeness (QED) is 0.607. The molecule has 0 aliphatic carbocycles. The second kappa shape index (κ2) is 4.84. The van der Waals surface area contributed by atoms with E-state index in [2.05, 4.69) is 4.98 Å². The van der Waals surface area contributed by atoms with E-state index >= 15 is 0 Å². The minimum absolute atomic E-state index is 0.231. The van der Waals surface area contributed by atoms with Crippen molar-refractivity contribution >= 4 is 11.6 Å². The molecule has 8 heteroatoms. The second-order valence-electron chi connectivity index (χ2n) is 2.97. The van der Waals surface area contributed by atoms with E-state index in [4.69, 9.17) is 16.9 Å². The summed E-state index contributed by atoms with van der Waals surface area (Å²) in [6, 6.07) is 1.85. The minimum Gasteiger partial charge on any atom is -0.235 e. The predicted molar refractivity (Wildman–Crippen MR) is 48.5 cm³/mol. The van der Waals surface area contributed by atoms with Crippen molar-refractivity contribution in [1.82, 2.24) is 4.98 Å². The molecule has 0 aliphatic rings. The van der Waals surface area contributed by atoms with Crippen LogP contribution < -0.4 is 0 Å². The summed E-state index contributed by atoms with van der Waals surface area (Å²) in [4.78, 5) is 3.01. The molecule has 0 amide bonds. The fourth-order valence-electron chi connectivity index (χ4n) is 1.16. The number of aromatic nitrogens is 1. The minimum atomic E-state index is -4.96. The molecule has 0 aromatic carbocycles. The number of pyridine rings is 1. The predicted octanol–water partition coefficient (Wildman–Crippen LogP) is 3.65. The lowest BCUT2D eigenvalue weighted by Crippen LogP contribution is -2.13. The summed E-state index contributed by atoms with van der Waals surface area (Å²) in [6.45, 7) is 0. The van der Waals surface area contributed by atoms with Crippen molar-refractivity contribution in [3.63, 3.8) is 0 Å². The summed E-state index contributed by atoms with van der Waals surface area (Å²) in [7, 11) is 0. The Hall–Kier alpha value is -1.42. The fourth-order valence-corrected chi connectivity index (χ4v) is 1.36. The Morgan fingerprint density at radius 3 is 2.35 bits per heavy atom. The summed E-state index contributed by atoms with van der Waals surface area (Å²) in [5.41, 5.74) is -3.78. The first-order chi connectivity index (χ1) is 7.81. The second-order valence-corrected chi connectivity index (χ2v) is 3.24. The third-order valence-electron chi connectivity index (χ3n) is 1.89. The normalized spacial score (nSPS) is 11.6. The van der Waals surface area contributed by atoms with Crippen LogP contribution in [0.5, 0.6) is 0 Å². The summed E-state index contributed by atoms with van der Waals surface area (Å²) < 4.78 is 62.2. The van der Waals surface area contributed by atoms with Gasteiger partial charge < -0.3 is 0 Å². The highest BCUT2D eigenvalue weighted by Crippen LogP contribution is 2.36. The Kier molecular flexibility index (Phi) is 3.88. The zero-order chi connectivity index (χ0) is 13.2. The lowest BCUT2D eigenvalue weighted by atomic mass is 10.1. The Morgan fingerprint density at radius 2 is 2.00 bits per heavy atom. The Bertz CT molecular complexity index is 464. The summed E-state index contributed by atoms with van der Waals surface area (Å²) >= 11 is 5.32. The van der Waals surface area contributed by atoms with Crippen LogP contribution >= 0.6 is 11.6 Å². The van der Waals surface area contributed by atoms with Crippen LogP contribution in [0, 0.1) is 11.3 Å². The van der Waals surface area contributed by atoms with E-state index in [1.807, 2.05) is 0 Å². The topological polar surface area (TPSA) is 36.7 Å². The van der Waals surface area contributed by atoms with E-state index < -0.39 is 35.4 Å². The van der Waals surface area contributed by atoms with Gasteiger partial charge in [-0.2, -0.15) is 18.4 Å². The first kappa shape index (κ1) is 13.6. The number of hydrogen-bond acceptors (Lipinski definition) is 2. The molecule has 0 unspecified atom stereocenters. The van der Waals surface area contributed by atoms with Gasteiger partial charge in [-0.3, -0.25) is 0 Å². The van der Waals surface area contributed by atoms with Crippen molar-refractivity contribution in [3.05, 3.63) is 28.6 Å². The van der Waals surface area contributed by atoms with Gasteiger partial charge in [-0.05, 0) is 6.07 Å². The van der Waals surface area contributed by atoms with Gasteiger partial charge in [0.15, 0.2) is 0 Å². The number of nitriles is 1. The third-order valence-corrected chi connectivity index (χ3v) is 2.18. The molecule has 0 aliphatic heterocycles. The van der Waals surface area contributed by atoms with Gasteiger partial charge in [0.05, 0.1) is 11.4 Å². The Labute approximate surface area is 97.6 Å². The molecule has 0 spiro atoms. The SMILES string of the molecule is N#Cc1nc(C(F)F)c(C(F)(F)F)cc1CCl. The van der Waals surface area contributed by atoms with Gasteiger partial charge in [0, 0.05) is 5.56 Å². The molecule has 2 nitrogen and oxygen atoms in total. The number of nitrogens with zero attached hydrogens (tertiary/aromatic N) is 2. The average Bonchev–Trinajstić information content (AvgIpc) is 2.25. The molecule has 0 saturated carbocycles. The molecule has 1 aromatic heterocycles. The van der Waals surface area contributed by atoms with E-state index in [0.717, 1.165) is 0 Å². The van der Waals surface area contributed by atoms with Crippen molar-refractivity contribution in [3.8, 4) is 6.07 Å². The molecular formula is C9H4ClF5N2. The molecular weight excluding hydrogens is 267 g/mol. The van der Waals surface area contributed by atoms with Gasteiger partial charge >= 0.3 is 6.18 Å². The van der Waals surface area contributed by atoms with E-state index in [9.17, 15) is 22.0 Å². The summed E-state index contributed by atoms with van der Waals surface area (Å²) in [5.74, 6) is -0.414. The van der Waals surface area contributed by atoms with Crippen LogP contribution in [0.4, 0.5) is 22.0 Å². The van der Waals surface area contributed by atoms with Gasteiger partial charge in [-0.15, -0.1) is 11.6 Å². The maximum absolute atomic E-state index is 12.5. The van der Waals surface area contributed by atoms with E-state index in [-0.39, 0.29) is 5.56 Å². The van der Waals surface area contributed by atoms with Crippen LogP contribution in [0.1, 0.15) is 28.9 Å². The highest BCUT2D eigenvalue weighted by molar-refractivity contribution is 6.17. The van der Waals surface area contributed by atoms with Crippen LogP contribution in [-0.2, 0) is 12.1 Å². The van der Waals surface area contributed by atoms with Crippen molar-refractivity contribution in [2.75, 3.05) is 0 Å². The molecule has 1 aromatic rings. The third kappa shape index (κ3) is 2.82. The number of rotatable bonds is 2. The monoisotopic (exact) mass is 270 g/mol. The maximum atomic E-state index is 12.5. The first-order valence-electron chi connectivity index (χ1n) is 4.16. The van der Waals surface area contributed by atoms with Crippen LogP contribution in [-0.4, -0.2) is 4.98 Å². The maximum Gasteiger partial charge on any atom is 0.418 e. The molecule has 0 N–H and O–H groups in total. The van der Waals surface area contributed by atoms with Gasteiger partial charge in [-0.25, -0.2) is 13.8 Å². The zero-order valence-corrected chi connectivity index (χ0v) is 8.78. The molecule has 0 fully saturated rings. The number of halogens is 6. The van der Waals surface area contributed by atoms with Gasteiger partial charge in [0.25, 0.3) is 6.43 Å². The largest absolute Gasteiger partial charge is 0.418 e. The highest BCUT2D eigenvalue weighted by atomic mass is 35.5. The van der Waals surface area contributed by atoms with Crippen LogP contribution in [0.3, 0.4) is 0 Å². The van der Waals surface area contributed by atoms with Crippen LogP contribution in [0.15, 0.2) is 6.07 Å². The average molecular weight is 271 g/mol. The zero-order valence-electron chi connectivity index (χ0n) is 8.02. The van der Waals surface area contributed by atoms with Gasteiger partial charge in [0.1, 0.15) is 17.5 Å². The number of alkyl halides is 6. The van der Waals surface area contributed by atoms with Gasteiger partial charge in [0.2, 0.25) is 0 Å². The fraction of sp³-hybridized carbons (Fsp3) is 0.333. The van der Waals surface area contributed by atoms with Crippen molar-refractivity contribution in [2.24, 2.45) is 0 Å². The van der Waals surface area contributed by atoms with Crippen LogP contribution in [0.25, 0.3) is 0 Å². The molecule has 92 valence electrons. The molecule has 0 radical (unpaired) electrons. The lowest BCUT2D eigenvalue weighted by molar-refractivity contribution is -0.140. The standard InChI is InChI=1S/C9H4ClF5N2/c10-2-4-1-5(9(13,14)15)7(8(11)12)17-6(4)3-16/h1,8H,2H2.